The van der Waals surface area contributed by atoms with Crippen molar-refractivity contribution in [2.45, 2.75) is 26.4 Å². The zero-order valence-electron chi connectivity index (χ0n) is 13.8. The Hall–Kier alpha value is -2.08. The summed E-state index contributed by atoms with van der Waals surface area (Å²) in [5.74, 6) is 0.0941. The van der Waals surface area contributed by atoms with Gasteiger partial charge >= 0.3 is 0 Å². The Kier molecular flexibility index (Phi) is 5.98. The van der Waals surface area contributed by atoms with Gasteiger partial charge in [-0.15, -0.1) is 0 Å². The van der Waals surface area contributed by atoms with Crippen LogP contribution in [0.1, 0.15) is 20.3 Å². The summed E-state index contributed by atoms with van der Waals surface area (Å²) in [5, 5.41) is 5.60. The molecule has 1 fully saturated rings. The van der Waals surface area contributed by atoms with Crippen LogP contribution in [0.4, 0.5) is 5.69 Å². The van der Waals surface area contributed by atoms with Crippen LogP contribution in [0.15, 0.2) is 24.3 Å². The molecule has 2 unspecified atom stereocenters. The van der Waals surface area contributed by atoms with E-state index >= 15 is 0 Å². The molecule has 23 heavy (non-hydrogen) atoms. The van der Waals surface area contributed by atoms with Gasteiger partial charge in [-0.2, -0.15) is 0 Å². The number of amides is 2. The molecule has 0 aliphatic heterocycles. The third-order valence-corrected chi connectivity index (χ3v) is 3.56. The number of carbonyl (C=O) groups excluding carboxylic acids is 2. The Balaban J connectivity index is 1.78. The molecule has 1 aromatic rings. The molecular formula is C17H24N2O4. The predicted octanol–water partition coefficient (Wildman–Crippen LogP) is 1.81. The molecule has 1 aliphatic rings. The Bertz CT molecular complexity index is 542. The van der Waals surface area contributed by atoms with Crippen LogP contribution in [-0.2, 0) is 14.3 Å². The van der Waals surface area contributed by atoms with E-state index in [0.717, 1.165) is 5.75 Å². The fourth-order valence-electron chi connectivity index (χ4n) is 2.31. The van der Waals surface area contributed by atoms with Gasteiger partial charge < -0.3 is 20.1 Å². The lowest BCUT2D eigenvalue weighted by Crippen LogP contribution is -2.30. The van der Waals surface area contributed by atoms with Gasteiger partial charge in [0.15, 0.2) is 0 Å². The van der Waals surface area contributed by atoms with Crippen LogP contribution in [0.3, 0.4) is 0 Å². The molecule has 0 spiro atoms. The SMILES string of the molecule is COCCNC(=O)C1CC1C(=O)Nc1ccc(OC(C)C)cc1. The molecule has 0 aromatic heterocycles. The molecule has 2 atom stereocenters. The maximum atomic E-state index is 12.1. The van der Waals surface area contributed by atoms with E-state index in [1.54, 1.807) is 19.2 Å². The summed E-state index contributed by atoms with van der Waals surface area (Å²) < 4.78 is 10.4. The van der Waals surface area contributed by atoms with Crippen molar-refractivity contribution in [3.05, 3.63) is 24.3 Å². The highest BCUT2D eigenvalue weighted by molar-refractivity contribution is 5.99. The van der Waals surface area contributed by atoms with Gasteiger partial charge in [-0.1, -0.05) is 0 Å². The Labute approximate surface area is 136 Å². The molecule has 0 heterocycles. The van der Waals surface area contributed by atoms with Gasteiger partial charge in [0.05, 0.1) is 24.5 Å². The lowest BCUT2D eigenvalue weighted by molar-refractivity contribution is -0.125. The number of rotatable bonds is 8. The van der Waals surface area contributed by atoms with Crippen LogP contribution in [0.5, 0.6) is 5.75 Å². The minimum atomic E-state index is -0.246. The number of hydrogen-bond acceptors (Lipinski definition) is 4. The number of anilines is 1. The number of carbonyl (C=O) groups is 2. The highest BCUT2D eigenvalue weighted by Gasteiger charge is 2.47. The first-order valence-electron chi connectivity index (χ1n) is 7.85. The molecule has 1 saturated carbocycles. The van der Waals surface area contributed by atoms with Crippen LogP contribution in [0.2, 0.25) is 0 Å². The van der Waals surface area contributed by atoms with E-state index in [9.17, 15) is 9.59 Å². The topological polar surface area (TPSA) is 76.7 Å². The van der Waals surface area contributed by atoms with E-state index in [1.165, 1.54) is 0 Å². The van der Waals surface area contributed by atoms with Crippen molar-refractivity contribution in [2.24, 2.45) is 11.8 Å². The summed E-state index contributed by atoms with van der Waals surface area (Å²) in [7, 11) is 1.58. The van der Waals surface area contributed by atoms with Gasteiger partial charge in [-0.25, -0.2) is 0 Å². The Morgan fingerprint density at radius 1 is 1.17 bits per heavy atom. The van der Waals surface area contributed by atoms with Crippen molar-refractivity contribution in [3.8, 4) is 5.75 Å². The van der Waals surface area contributed by atoms with Crippen LogP contribution >= 0.6 is 0 Å². The standard InChI is InChI=1S/C17H24N2O4/c1-11(2)23-13-6-4-12(5-7-13)19-17(21)15-10-14(15)16(20)18-8-9-22-3/h4-7,11,14-15H,8-10H2,1-3H3,(H,18,20)(H,19,21). The lowest BCUT2D eigenvalue weighted by Gasteiger charge is -2.10. The Morgan fingerprint density at radius 2 is 1.83 bits per heavy atom. The molecule has 126 valence electrons. The summed E-state index contributed by atoms with van der Waals surface area (Å²) >= 11 is 0. The van der Waals surface area contributed by atoms with E-state index in [2.05, 4.69) is 10.6 Å². The average Bonchev–Trinajstić information content (AvgIpc) is 3.29. The molecule has 2 amide bonds. The van der Waals surface area contributed by atoms with Crippen molar-refractivity contribution < 1.29 is 19.1 Å². The van der Waals surface area contributed by atoms with Gasteiger partial charge in [-0.05, 0) is 44.5 Å². The number of hydrogen-bond donors (Lipinski definition) is 2. The van der Waals surface area contributed by atoms with Gasteiger partial charge in [0.1, 0.15) is 5.75 Å². The lowest BCUT2D eigenvalue weighted by atomic mass is 10.2. The molecule has 6 heteroatoms. The van der Waals surface area contributed by atoms with E-state index in [4.69, 9.17) is 9.47 Å². The highest BCUT2D eigenvalue weighted by atomic mass is 16.5. The van der Waals surface area contributed by atoms with Crippen LogP contribution < -0.4 is 15.4 Å². The van der Waals surface area contributed by atoms with E-state index < -0.39 is 0 Å². The second-order valence-electron chi connectivity index (χ2n) is 5.91. The Morgan fingerprint density at radius 3 is 2.43 bits per heavy atom. The first-order valence-corrected chi connectivity index (χ1v) is 7.85. The second kappa shape index (κ2) is 7.97. The number of ether oxygens (including phenoxy) is 2. The average molecular weight is 320 g/mol. The first-order chi connectivity index (χ1) is 11.0. The zero-order valence-corrected chi connectivity index (χ0v) is 13.8. The molecule has 2 N–H and O–H groups in total. The number of nitrogens with one attached hydrogen (secondary N) is 2. The van der Waals surface area contributed by atoms with Crippen LogP contribution in [0.25, 0.3) is 0 Å². The number of benzene rings is 1. The summed E-state index contributed by atoms with van der Waals surface area (Å²) in [5.41, 5.74) is 0.705. The van der Waals surface area contributed by atoms with Gasteiger partial charge in [0.25, 0.3) is 0 Å². The normalized spacial score (nSPS) is 19.3. The summed E-state index contributed by atoms with van der Waals surface area (Å²) in [6.45, 7) is 4.86. The molecule has 0 bridgehead atoms. The van der Waals surface area contributed by atoms with Crippen molar-refractivity contribution in [1.29, 1.82) is 0 Å². The highest BCUT2D eigenvalue weighted by Crippen LogP contribution is 2.39. The third kappa shape index (κ3) is 5.25. The van der Waals surface area contributed by atoms with E-state index in [-0.39, 0.29) is 29.8 Å². The molecule has 0 radical (unpaired) electrons. The van der Waals surface area contributed by atoms with Crippen LogP contribution in [0, 0.1) is 11.8 Å². The minimum absolute atomic E-state index is 0.0807. The maximum Gasteiger partial charge on any atom is 0.228 e. The summed E-state index contributed by atoms with van der Waals surface area (Å²) in [6.07, 6.45) is 0.707. The fraction of sp³-hybridized carbons (Fsp3) is 0.529. The maximum absolute atomic E-state index is 12.1. The zero-order chi connectivity index (χ0) is 16.8. The predicted molar refractivity (Wildman–Crippen MR) is 87.3 cm³/mol. The van der Waals surface area contributed by atoms with Gasteiger partial charge in [-0.3, -0.25) is 9.59 Å². The largest absolute Gasteiger partial charge is 0.491 e. The summed E-state index contributed by atoms with van der Waals surface area (Å²) in [4.78, 5) is 24.0. The summed E-state index contributed by atoms with van der Waals surface area (Å²) in [6, 6.07) is 7.23. The molecule has 2 rings (SSSR count). The third-order valence-electron chi connectivity index (χ3n) is 3.56. The minimum Gasteiger partial charge on any atom is -0.491 e. The van der Waals surface area contributed by atoms with Gasteiger partial charge in [0, 0.05) is 19.3 Å². The monoisotopic (exact) mass is 320 g/mol. The molecule has 6 nitrogen and oxygen atoms in total. The quantitative estimate of drug-likeness (QED) is 0.716. The molecule has 1 aromatic carbocycles. The van der Waals surface area contributed by atoms with Crippen molar-refractivity contribution in [3.63, 3.8) is 0 Å². The smallest absolute Gasteiger partial charge is 0.228 e. The van der Waals surface area contributed by atoms with E-state index in [1.807, 2.05) is 26.0 Å². The first kappa shape index (κ1) is 17.3. The fourth-order valence-corrected chi connectivity index (χ4v) is 2.31. The van der Waals surface area contributed by atoms with Crippen molar-refractivity contribution in [1.82, 2.24) is 5.32 Å². The molecule has 0 saturated heterocycles. The molecule has 1 aliphatic carbocycles. The number of methoxy groups -OCH3 is 1. The van der Waals surface area contributed by atoms with Crippen molar-refractivity contribution >= 4 is 17.5 Å². The van der Waals surface area contributed by atoms with Crippen molar-refractivity contribution in [2.75, 3.05) is 25.6 Å². The molecular weight excluding hydrogens is 296 g/mol. The second-order valence-corrected chi connectivity index (χ2v) is 5.91. The van der Waals surface area contributed by atoms with Crippen LogP contribution in [-0.4, -0.2) is 38.2 Å². The van der Waals surface area contributed by atoms with Gasteiger partial charge in [0.2, 0.25) is 11.8 Å². The van der Waals surface area contributed by atoms with E-state index in [0.29, 0.717) is 25.3 Å².